The lowest BCUT2D eigenvalue weighted by molar-refractivity contribution is -0.113. The van der Waals surface area contributed by atoms with Crippen LogP contribution >= 0.6 is 57.9 Å². The Kier molecular flexibility index (Phi) is 8.56. The van der Waals surface area contributed by atoms with Crippen LogP contribution in [0.3, 0.4) is 0 Å². The van der Waals surface area contributed by atoms with Crippen molar-refractivity contribution in [3.8, 4) is 17.0 Å². The van der Waals surface area contributed by atoms with Crippen molar-refractivity contribution in [2.75, 3.05) is 11.1 Å². The number of carbonyl (C=O) groups excluding carboxylic acids is 1. The minimum atomic E-state index is -0.376. The Morgan fingerprint density at radius 3 is 2.71 bits per heavy atom. The van der Waals surface area contributed by atoms with Gasteiger partial charge < -0.3 is 14.6 Å². The molecule has 2 aromatic heterocycles. The first-order valence-corrected chi connectivity index (χ1v) is 13.5. The highest BCUT2D eigenvalue weighted by atomic mass is 35.5. The fraction of sp³-hybridized carbons (Fsp3) is 0.217. The van der Waals surface area contributed by atoms with Crippen LogP contribution in [0.1, 0.15) is 25.8 Å². The average Bonchev–Trinajstić information content (AvgIpc) is 3.46. The molecule has 0 fully saturated rings. The third-order valence-corrected chi connectivity index (χ3v) is 7.44. The number of nitrogens with one attached hydrogen (secondary N) is 1. The van der Waals surface area contributed by atoms with Crippen molar-refractivity contribution in [1.29, 1.82) is 0 Å². The molecule has 0 aliphatic carbocycles. The Hall–Kier alpha value is -2.30. The summed E-state index contributed by atoms with van der Waals surface area (Å²) < 4.78 is 7.90. The predicted molar refractivity (Wildman–Crippen MR) is 143 cm³/mol. The van der Waals surface area contributed by atoms with Crippen molar-refractivity contribution in [3.63, 3.8) is 0 Å². The zero-order valence-electron chi connectivity index (χ0n) is 18.7. The minimum absolute atomic E-state index is 0.147. The second-order valence-electron chi connectivity index (χ2n) is 7.27. The quantitative estimate of drug-likeness (QED) is 0.214. The number of hydrogen-bond donors (Lipinski definition) is 1. The van der Waals surface area contributed by atoms with Gasteiger partial charge in [-0.25, -0.2) is 4.98 Å². The standard InChI is InChI=1S/C23H20Cl3N5O2S2/c1-3-31-21(13(2)33-19-7-5-4-6-16(19)25)29-30-23(31)35-12-20(32)28-22-27-18(11-34-22)15-9-8-14(24)10-17(15)26/h4-11,13H,3,12H2,1-2H3,(H,27,28,32). The van der Waals surface area contributed by atoms with Crippen molar-refractivity contribution in [2.45, 2.75) is 31.7 Å². The number of aromatic nitrogens is 4. The van der Waals surface area contributed by atoms with Crippen LogP contribution in [0.25, 0.3) is 11.3 Å². The van der Waals surface area contributed by atoms with Gasteiger partial charge in [-0.1, -0.05) is 58.7 Å². The normalized spacial score (nSPS) is 11.9. The van der Waals surface area contributed by atoms with Gasteiger partial charge in [0.1, 0.15) is 5.75 Å². The highest BCUT2D eigenvalue weighted by molar-refractivity contribution is 7.99. The van der Waals surface area contributed by atoms with E-state index < -0.39 is 0 Å². The van der Waals surface area contributed by atoms with Crippen LogP contribution in [0.4, 0.5) is 5.13 Å². The molecule has 1 unspecified atom stereocenters. The van der Waals surface area contributed by atoms with Crippen LogP contribution in [0.2, 0.25) is 15.1 Å². The minimum Gasteiger partial charge on any atom is -0.481 e. The van der Waals surface area contributed by atoms with Gasteiger partial charge in [-0.15, -0.1) is 21.5 Å². The maximum atomic E-state index is 12.6. The summed E-state index contributed by atoms with van der Waals surface area (Å²) in [6.07, 6.45) is -0.376. The smallest absolute Gasteiger partial charge is 0.236 e. The highest BCUT2D eigenvalue weighted by Crippen LogP contribution is 2.33. The first kappa shape index (κ1) is 25.8. The van der Waals surface area contributed by atoms with Crippen LogP contribution in [0.5, 0.6) is 5.75 Å². The molecule has 4 aromatic rings. The van der Waals surface area contributed by atoms with E-state index in [-0.39, 0.29) is 17.8 Å². The van der Waals surface area contributed by atoms with E-state index in [1.54, 1.807) is 30.3 Å². The SMILES string of the molecule is CCn1c(SCC(=O)Nc2nc(-c3ccc(Cl)cc3Cl)cs2)nnc1C(C)Oc1ccccc1Cl. The monoisotopic (exact) mass is 567 g/mol. The molecule has 2 aromatic carbocycles. The van der Waals surface area contributed by atoms with E-state index in [9.17, 15) is 4.79 Å². The van der Waals surface area contributed by atoms with Gasteiger partial charge in [-0.2, -0.15) is 0 Å². The molecule has 35 heavy (non-hydrogen) atoms. The molecular formula is C23H20Cl3N5O2S2. The summed E-state index contributed by atoms with van der Waals surface area (Å²) in [4.78, 5) is 17.0. The van der Waals surface area contributed by atoms with Crippen molar-refractivity contribution in [1.82, 2.24) is 19.7 Å². The average molecular weight is 569 g/mol. The van der Waals surface area contributed by atoms with E-state index in [4.69, 9.17) is 39.5 Å². The molecule has 1 N–H and O–H groups in total. The fourth-order valence-corrected chi connectivity index (χ4v) is 5.45. The summed E-state index contributed by atoms with van der Waals surface area (Å²) in [6, 6.07) is 12.5. The first-order chi connectivity index (χ1) is 16.9. The molecule has 12 heteroatoms. The van der Waals surface area contributed by atoms with Crippen LogP contribution in [0, 0.1) is 0 Å². The third kappa shape index (κ3) is 6.29. The van der Waals surface area contributed by atoms with Crippen molar-refractivity contribution in [3.05, 3.63) is 68.7 Å². The number of anilines is 1. The molecule has 0 aliphatic rings. The number of thioether (sulfide) groups is 1. The molecule has 1 amide bonds. The summed E-state index contributed by atoms with van der Waals surface area (Å²) in [7, 11) is 0. The number of ether oxygens (including phenoxy) is 1. The summed E-state index contributed by atoms with van der Waals surface area (Å²) in [5.74, 6) is 1.17. The molecule has 0 radical (unpaired) electrons. The molecule has 182 valence electrons. The van der Waals surface area contributed by atoms with E-state index in [1.807, 2.05) is 35.9 Å². The molecule has 0 aliphatic heterocycles. The van der Waals surface area contributed by atoms with Crippen LogP contribution in [0.15, 0.2) is 53.0 Å². The zero-order chi connectivity index (χ0) is 24.9. The number of carbonyl (C=O) groups is 1. The summed E-state index contributed by atoms with van der Waals surface area (Å²) >= 11 is 21.0. The van der Waals surface area contributed by atoms with Gasteiger partial charge in [-0.05, 0) is 44.2 Å². The fourth-order valence-electron chi connectivity index (χ4n) is 3.23. The highest BCUT2D eigenvalue weighted by Gasteiger charge is 2.20. The first-order valence-electron chi connectivity index (χ1n) is 10.5. The molecule has 0 bridgehead atoms. The second kappa shape index (κ2) is 11.6. The number of thiazole rings is 1. The lowest BCUT2D eigenvalue weighted by atomic mass is 10.2. The molecule has 0 saturated carbocycles. The Morgan fingerprint density at radius 1 is 1.17 bits per heavy atom. The Labute approximate surface area is 225 Å². The van der Waals surface area contributed by atoms with Crippen molar-refractivity contribution in [2.24, 2.45) is 0 Å². The number of benzene rings is 2. The van der Waals surface area contributed by atoms with E-state index in [2.05, 4.69) is 20.5 Å². The van der Waals surface area contributed by atoms with Gasteiger partial charge in [-0.3, -0.25) is 4.79 Å². The van der Waals surface area contributed by atoms with E-state index >= 15 is 0 Å². The Bertz CT molecular complexity index is 1340. The zero-order valence-corrected chi connectivity index (χ0v) is 22.6. The summed E-state index contributed by atoms with van der Waals surface area (Å²) in [6.45, 7) is 4.49. The van der Waals surface area contributed by atoms with Gasteiger partial charge >= 0.3 is 0 Å². The number of amides is 1. The maximum absolute atomic E-state index is 12.6. The number of nitrogens with zero attached hydrogens (tertiary/aromatic N) is 4. The van der Waals surface area contributed by atoms with Gasteiger partial charge in [0.2, 0.25) is 5.91 Å². The maximum Gasteiger partial charge on any atom is 0.236 e. The molecule has 7 nitrogen and oxygen atoms in total. The van der Waals surface area contributed by atoms with Gasteiger partial charge in [0.15, 0.2) is 22.2 Å². The van der Waals surface area contributed by atoms with Crippen molar-refractivity contribution < 1.29 is 9.53 Å². The lowest BCUT2D eigenvalue weighted by Crippen LogP contribution is -2.15. The van der Waals surface area contributed by atoms with Crippen LogP contribution in [-0.4, -0.2) is 31.4 Å². The van der Waals surface area contributed by atoms with E-state index in [1.165, 1.54) is 23.1 Å². The molecule has 1 atom stereocenters. The topological polar surface area (TPSA) is 81.9 Å². The summed E-state index contributed by atoms with van der Waals surface area (Å²) in [5.41, 5.74) is 1.42. The number of para-hydroxylation sites is 1. The van der Waals surface area contributed by atoms with Gasteiger partial charge in [0.05, 0.1) is 21.5 Å². The Morgan fingerprint density at radius 2 is 1.97 bits per heavy atom. The molecule has 4 rings (SSSR count). The number of hydrogen-bond acceptors (Lipinski definition) is 7. The molecule has 2 heterocycles. The van der Waals surface area contributed by atoms with Gasteiger partial charge in [0, 0.05) is 22.5 Å². The lowest BCUT2D eigenvalue weighted by Gasteiger charge is -2.16. The molecular weight excluding hydrogens is 549 g/mol. The number of halogens is 3. The molecule has 0 saturated heterocycles. The third-order valence-electron chi connectivity index (χ3n) is 4.86. The van der Waals surface area contributed by atoms with E-state index in [0.717, 1.165) is 5.56 Å². The predicted octanol–water partition coefficient (Wildman–Crippen LogP) is 7.25. The van der Waals surface area contributed by atoms with Crippen LogP contribution < -0.4 is 10.1 Å². The van der Waals surface area contributed by atoms with Crippen molar-refractivity contribution >= 4 is 68.9 Å². The Balaban J connectivity index is 1.37. The van der Waals surface area contributed by atoms with Gasteiger partial charge in [0.25, 0.3) is 0 Å². The number of rotatable bonds is 9. The molecule has 0 spiro atoms. The van der Waals surface area contributed by atoms with Crippen LogP contribution in [-0.2, 0) is 11.3 Å². The largest absolute Gasteiger partial charge is 0.481 e. The second-order valence-corrected chi connectivity index (χ2v) is 10.3. The summed E-state index contributed by atoms with van der Waals surface area (Å²) in [5, 5.41) is 15.9. The van der Waals surface area contributed by atoms with E-state index in [0.29, 0.717) is 49.2 Å².